The number of rotatable bonds is 3. The summed E-state index contributed by atoms with van der Waals surface area (Å²) in [5.74, 6) is 2.79. The summed E-state index contributed by atoms with van der Waals surface area (Å²) in [5.41, 5.74) is 0. The van der Waals surface area contributed by atoms with Gasteiger partial charge in [0.05, 0.1) is 6.04 Å². The molecule has 0 aromatic heterocycles. The van der Waals surface area contributed by atoms with Gasteiger partial charge < -0.3 is 5.32 Å². The zero-order valence-corrected chi connectivity index (χ0v) is 8.01. The molecule has 1 rings (SSSR count). The third-order valence-corrected chi connectivity index (χ3v) is 2.60. The molecule has 0 aromatic rings. The summed E-state index contributed by atoms with van der Waals surface area (Å²) in [6.45, 7) is 4.33. The highest BCUT2D eigenvalue weighted by atomic mass is 15.2. The minimum absolute atomic E-state index is 0.297. The number of nitrogens with one attached hydrogen (secondary N) is 1. The van der Waals surface area contributed by atoms with Gasteiger partial charge in [-0.2, -0.15) is 0 Å². The molecule has 1 aliphatic rings. The van der Waals surface area contributed by atoms with Gasteiger partial charge in [-0.3, -0.25) is 4.90 Å². The molecule has 2 heteroatoms. The highest BCUT2D eigenvalue weighted by Gasteiger charge is 2.26. The lowest BCUT2D eigenvalue weighted by Gasteiger charge is -2.27. The summed E-state index contributed by atoms with van der Waals surface area (Å²) in [6.07, 6.45) is 7.97. The maximum atomic E-state index is 5.40. The van der Waals surface area contributed by atoms with E-state index in [2.05, 4.69) is 23.1 Å². The molecular formula is C10H18N2. The molecule has 2 atom stereocenters. The highest BCUT2D eigenvalue weighted by molar-refractivity contribution is 5.00. The maximum absolute atomic E-state index is 5.40. The lowest BCUT2D eigenvalue weighted by atomic mass is 10.2. The van der Waals surface area contributed by atoms with Gasteiger partial charge in [0.15, 0.2) is 0 Å². The van der Waals surface area contributed by atoms with E-state index in [-0.39, 0.29) is 0 Å². The molecule has 0 radical (unpaired) electrons. The summed E-state index contributed by atoms with van der Waals surface area (Å²) < 4.78 is 0. The van der Waals surface area contributed by atoms with Crippen LogP contribution in [0.5, 0.6) is 0 Å². The lowest BCUT2D eigenvalue weighted by molar-refractivity contribution is 0.226. The highest BCUT2D eigenvalue weighted by Crippen LogP contribution is 2.18. The first kappa shape index (κ1) is 9.57. The predicted molar refractivity (Wildman–Crippen MR) is 51.9 cm³/mol. The Balaban J connectivity index is 2.46. The van der Waals surface area contributed by atoms with Gasteiger partial charge in [-0.25, -0.2) is 0 Å². The fourth-order valence-corrected chi connectivity index (χ4v) is 1.92. The fraction of sp³-hybridized carbons (Fsp3) is 0.800. The smallest absolute Gasteiger partial charge is 0.0686 e. The van der Waals surface area contributed by atoms with Crippen molar-refractivity contribution in [1.82, 2.24) is 10.2 Å². The van der Waals surface area contributed by atoms with Crippen LogP contribution in [0.15, 0.2) is 0 Å². The SMILES string of the molecule is C#CC(C)N1CCCC1CNC. The van der Waals surface area contributed by atoms with Gasteiger partial charge in [-0.1, -0.05) is 5.92 Å². The molecular weight excluding hydrogens is 148 g/mol. The maximum Gasteiger partial charge on any atom is 0.0686 e. The molecule has 2 nitrogen and oxygen atoms in total. The molecule has 1 heterocycles. The Hall–Kier alpha value is -0.520. The van der Waals surface area contributed by atoms with Crippen LogP contribution in [0.2, 0.25) is 0 Å². The van der Waals surface area contributed by atoms with Crippen molar-refractivity contribution in [3.05, 3.63) is 0 Å². The van der Waals surface area contributed by atoms with E-state index in [0.29, 0.717) is 12.1 Å². The molecule has 2 unspecified atom stereocenters. The van der Waals surface area contributed by atoms with Gasteiger partial charge in [0, 0.05) is 12.6 Å². The molecule has 0 spiro atoms. The Bertz CT molecular complexity index is 171. The van der Waals surface area contributed by atoms with Gasteiger partial charge in [0.2, 0.25) is 0 Å². The number of hydrogen-bond acceptors (Lipinski definition) is 2. The van der Waals surface area contributed by atoms with Gasteiger partial charge in [-0.15, -0.1) is 6.42 Å². The molecule has 68 valence electrons. The molecule has 1 fully saturated rings. The van der Waals surface area contributed by atoms with Crippen molar-refractivity contribution in [2.24, 2.45) is 0 Å². The van der Waals surface area contributed by atoms with Gasteiger partial charge in [0.25, 0.3) is 0 Å². The van der Waals surface area contributed by atoms with Gasteiger partial charge >= 0.3 is 0 Å². The standard InChI is InChI=1S/C10H18N2/c1-4-9(2)12-7-5-6-10(12)8-11-3/h1,9-11H,5-8H2,2-3H3. The van der Waals surface area contributed by atoms with Crippen LogP contribution in [0.1, 0.15) is 19.8 Å². The largest absolute Gasteiger partial charge is 0.318 e. The summed E-state index contributed by atoms with van der Waals surface area (Å²) in [4.78, 5) is 2.41. The zero-order valence-electron chi connectivity index (χ0n) is 8.01. The third kappa shape index (κ3) is 2.00. The van der Waals surface area contributed by atoms with Crippen LogP contribution < -0.4 is 5.32 Å². The molecule has 0 amide bonds. The van der Waals surface area contributed by atoms with Crippen LogP contribution in [-0.2, 0) is 0 Å². The molecule has 1 aliphatic heterocycles. The summed E-state index contributed by atoms with van der Waals surface area (Å²) in [6, 6.07) is 0.951. The number of likely N-dealkylation sites (N-methyl/N-ethyl adjacent to an activating group) is 1. The van der Waals surface area contributed by atoms with Crippen molar-refractivity contribution in [3.63, 3.8) is 0 Å². The first-order chi connectivity index (χ1) is 5.79. The Labute approximate surface area is 75.3 Å². The van der Waals surface area contributed by atoms with Crippen molar-refractivity contribution in [1.29, 1.82) is 0 Å². The van der Waals surface area contributed by atoms with Crippen LogP contribution in [0, 0.1) is 12.3 Å². The Morgan fingerprint density at radius 2 is 2.50 bits per heavy atom. The van der Waals surface area contributed by atoms with Crippen LogP contribution in [-0.4, -0.2) is 37.1 Å². The molecule has 0 aromatic carbocycles. The van der Waals surface area contributed by atoms with Crippen molar-refractivity contribution in [2.75, 3.05) is 20.1 Å². The Morgan fingerprint density at radius 1 is 1.75 bits per heavy atom. The summed E-state index contributed by atoms with van der Waals surface area (Å²) in [7, 11) is 2.00. The monoisotopic (exact) mass is 166 g/mol. The minimum Gasteiger partial charge on any atom is -0.318 e. The van der Waals surface area contributed by atoms with Gasteiger partial charge in [0.1, 0.15) is 0 Å². The molecule has 12 heavy (non-hydrogen) atoms. The van der Waals surface area contributed by atoms with Crippen LogP contribution in [0.3, 0.4) is 0 Å². The van der Waals surface area contributed by atoms with Crippen molar-refractivity contribution < 1.29 is 0 Å². The molecule has 0 saturated carbocycles. The van der Waals surface area contributed by atoms with Crippen LogP contribution in [0.4, 0.5) is 0 Å². The summed E-state index contributed by atoms with van der Waals surface area (Å²) >= 11 is 0. The normalized spacial score (nSPS) is 26.9. The van der Waals surface area contributed by atoms with E-state index in [9.17, 15) is 0 Å². The van der Waals surface area contributed by atoms with E-state index in [0.717, 1.165) is 13.1 Å². The molecule has 0 aliphatic carbocycles. The second-order valence-corrected chi connectivity index (χ2v) is 3.43. The van der Waals surface area contributed by atoms with E-state index >= 15 is 0 Å². The van der Waals surface area contributed by atoms with E-state index < -0.39 is 0 Å². The average molecular weight is 166 g/mol. The Morgan fingerprint density at radius 3 is 3.08 bits per heavy atom. The average Bonchev–Trinajstić information content (AvgIpc) is 2.52. The number of nitrogens with zero attached hydrogens (tertiary/aromatic N) is 1. The first-order valence-electron chi connectivity index (χ1n) is 4.66. The topological polar surface area (TPSA) is 15.3 Å². The lowest BCUT2D eigenvalue weighted by Crippen LogP contribution is -2.41. The summed E-state index contributed by atoms with van der Waals surface area (Å²) in [5, 5.41) is 3.21. The van der Waals surface area contributed by atoms with Crippen LogP contribution in [0.25, 0.3) is 0 Å². The van der Waals surface area contributed by atoms with Crippen molar-refractivity contribution in [3.8, 4) is 12.3 Å². The Kier molecular flexibility index (Phi) is 3.58. The van der Waals surface area contributed by atoms with Gasteiger partial charge in [-0.05, 0) is 33.4 Å². The first-order valence-corrected chi connectivity index (χ1v) is 4.66. The van der Waals surface area contributed by atoms with E-state index in [1.807, 2.05) is 7.05 Å². The van der Waals surface area contributed by atoms with Crippen molar-refractivity contribution >= 4 is 0 Å². The predicted octanol–water partition coefficient (Wildman–Crippen LogP) is 0.692. The molecule has 0 bridgehead atoms. The fourth-order valence-electron chi connectivity index (χ4n) is 1.92. The van der Waals surface area contributed by atoms with Crippen molar-refractivity contribution in [2.45, 2.75) is 31.8 Å². The minimum atomic E-state index is 0.297. The molecule has 1 N–H and O–H groups in total. The van der Waals surface area contributed by atoms with E-state index in [4.69, 9.17) is 6.42 Å². The second-order valence-electron chi connectivity index (χ2n) is 3.43. The number of likely N-dealkylation sites (tertiary alicyclic amines) is 1. The quantitative estimate of drug-likeness (QED) is 0.621. The third-order valence-electron chi connectivity index (χ3n) is 2.60. The van der Waals surface area contributed by atoms with E-state index in [1.165, 1.54) is 12.8 Å². The second kappa shape index (κ2) is 4.49. The zero-order chi connectivity index (χ0) is 8.97. The number of hydrogen-bond donors (Lipinski definition) is 1. The van der Waals surface area contributed by atoms with E-state index in [1.54, 1.807) is 0 Å². The van der Waals surface area contributed by atoms with Crippen LogP contribution >= 0.6 is 0 Å². The molecule has 1 saturated heterocycles. The number of terminal acetylenes is 1.